The maximum Gasteiger partial charge on any atom is 0.416 e. The Labute approximate surface area is 96.1 Å². The summed E-state index contributed by atoms with van der Waals surface area (Å²) >= 11 is 0. The molecule has 1 heterocycles. The van der Waals surface area contributed by atoms with Crippen LogP contribution in [0.1, 0.15) is 17.4 Å². The van der Waals surface area contributed by atoms with Gasteiger partial charge in [-0.05, 0) is 18.2 Å². The molecule has 0 radical (unpaired) electrons. The molecule has 0 spiro atoms. The first-order chi connectivity index (χ1) is 8.02. The van der Waals surface area contributed by atoms with E-state index in [1.165, 1.54) is 13.2 Å². The van der Waals surface area contributed by atoms with Gasteiger partial charge >= 0.3 is 6.18 Å². The monoisotopic (exact) mass is 248 g/mol. The van der Waals surface area contributed by atoms with E-state index < -0.39 is 18.0 Å². The number of halogens is 3. The Balaban J connectivity index is 2.39. The van der Waals surface area contributed by atoms with Gasteiger partial charge in [0.15, 0.2) is 6.29 Å². The number of hydrogen-bond acceptors (Lipinski definition) is 3. The maximum atomic E-state index is 12.6. The SMILES string of the molecule is COc1ccc(C(F)(F)F)cc1C1OCCO1. The van der Waals surface area contributed by atoms with Crippen molar-refractivity contribution in [3.05, 3.63) is 29.3 Å². The fourth-order valence-electron chi connectivity index (χ4n) is 1.63. The lowest BCUT2D eigenvalue weighted by Gasteiger charge is -2.16. The van der Waals surface area contributed by atoms with Crippen molar-refractivity contribution >= 4 is 0 Å². The van der Waals surface area contributed by atoms with Crippen LogP contribution in [0.25, 0.3) is 0 Å². The van der Waals surface area contributed by atoms with Gasteiger partial charge in [0.1, 0.15) is 5.75 Å². The van der Waals surface area contributed by atoms with Crippen molar-refractivity contribution < 1.29 is 27.4 Å². The van der Waals surface area contributed by atoms with Crippen molar-refractivity contribution in [1.29, 1.82) is 0 Å². The lowest BCUT2D eigenvalue weighted by atomic mass is 10.1. The molecule has 1 saturated heterocycles. The Morgan fingerprint density at radius 1 is 1.24 bits per heavy atom. The van der Waals surface area contributed by atoms with E-state index in [-0.39, 0.29) is 5.56 Å². The first-order valence-corrected chi connectivity index (χ1v) is 5.00. The first kappa shape index (κ1) is 12.2. The molecule has 17 heavy (non-hydrogen) atoms. The predicted octanol–water partition coefficient (Wildman–Crippen LogP) is 2.76. The molecule has 0 unspecified atom stereocenters. The molecule has 94 valence electrons. The number of methoxy groups -OCH3 is 1. The third kappa shape index (κ3) is 2.53. The van der Waals surface area contributed by atoms with Crippen LogP contribution >= 0.6 is 0 Å². The Kier molecular flexibility index (Phi) is 3.26. The van der Waals surface area contributed by atoms with Crippen LogP contribution in [0.2, 0.25) is 0 Å². The van der Waals surface area contributed by atoms with E-state index in [2.05, 4.69) is 0 Å². The highest BCUT2D eigenvalue weighted by Crippen LogP contribution is 2.37. The summed E-state index contributed by atoms with van der Waals surface area (Å²) in [6, 6.07) is 3.23. The van der Waals surface area contributed by atoms with Gasteiger partial charge in [-0.3, -0.25) is 0 Å². The summed E-state index contributed by atoms with van der Waals surface area (Å²) in [5.41, 5.74) is -0.479. The minimum absolute atomic E-state index is 0.264. The van der Waals surface area contributed by atoms with E-state index in [1.807, 2.05) is 0 Å². The van der Waals surface area contributed by atoms with Gasteiger partial charge in [-0.2, -0.15) is 13.2 Å². The number of hydrogen-bond donors (Lipinski definition) is 0. The Hall–Kier alpha value is -1.27. The van der Waals surface area contributed by atoms with Crippen LogP contribution in [0.15, 0.2) is 18.2 Å². The van der Waals surface area contributed by atoms with Crippen LogP contribution in [0.3, 0.4) is 0 Å². The summed E-state index contributed by atoms with van der Waals surface area (Å²) in [7, 11) is 1.39. The normalized spacial score (nSPS) is 17.4. The number of benzene rings is 1. The second-order valence-corrected chi connectivity index (χ2v) is 3.53. The highest BCUT2D eigenvalue weighted by atomic mass is 19.4. The van der Waals surface area contributed by atoms with Crippen molar-refractivity contribution in [2.45, 2.75) is 12.5 Å². The zero-order valence-corrected chi connectivity index (χ0v) is 9.08. The van der Waals surface area contributed by atoms with E-state index in [1.54, 1.807) is 0 Å². The average Bonchev–Trinajstić information content (AvgIpc) is 2.80. The number of ether oxygens (including phenoxy) is 3. The highest BCUT2D eigenvalue weighted by Gasteiger charge is 2.33. The van der Waals surface area contributed by atoms with Crippen LogP contribution in [0.5, 0.6) is 5.75 Å². The molecule has 1 aliphatic heterocycles. The summed E-state index contributed by atoms with van der Waals surface area (Å²) in [6.07, 6.45) is -5.17. The van der Waals surface area contributed by atoms with Crippen molar-refractivity contribution in [3.8, 4) is 5.75 Å². The van der Waals surface area contributed by atoms with Crippen molar-refractivity contribution in [2.24, 2.45) is 0 Å². The lowest BCUT2D eigenvalue weighted by molar-refractivity contribution is -0.137. The molecule has 2 rings (SSSR count). The molecule has 1 aromatic carbocycles. The summed E-state index contributed by atoms with van der Waals surface area (Å²) in [6.45, 7) is 0.730. The zero-order chi connectivity index (χ0) is 12.5. The molecule has 0 saturated carbocycles. The van der Waals surface area contributed by atoms with Gasteiger partial charge in [0.2, 0.25) is 0 Å². The Bertz CT molecular complexity index is 397. The highest BCUT2D eigenvalue weighted by molar-refractivity contribution is 5.39. The van der Waals surface area contributed by atoms with Gasteiger partial charge in [0.05, 0.1) is 31.5 Å². The van der Waals surface area contributed by atoms with E-state index >= 15 is 0 Å². The quantitative estimate of drug-likeness (QED) is 0.805. The fourth-order valence-corrected chi connectivity index (χ4v) is 1.63. The molecule has 1 aliphatic rings. The molecule has 1 fully saturated rings. The molecule has 0 aromatic heterocycles. The standard InChI is InChI=1S/C11H11F3O3/c1-15-9-3-2-7(11(12,13)14)6-8(9)10-16-4-5-17-10/h2-3,6,10H,4-5H2,1H3. The van der Waals surface area contributed by atoms with Crippen LogP contribution < -0.4 is 4.74 Å². The Morgan fingerprint density at radius 2 is 1.88 bits per heavy atom. The predicted molar refractivity (Wildman–Crippen MR) is 52.6 cm³/mol. The third-order valence-electron chi connectivity index (χ3n) is 2.43. The molecule has 1 aromatic rings. The Morgan fingerprint density at radius 3 is 2.41 bits per heavy atom. The fraction of sp³-hybridized carbons (Fsp3) is 0.455. The summed E-state index contributed by atoms with van der Waals surface area (Å²) in [5.74, 6) is 0.324. The van der Waals surface area contributed by atoms with E-state index in [0.717, 1.165) is 12.1 Å². The van der Waals surface area contributed by atoms with Crippen LogP contribution in [-0.4, -0.2) is 20.3 Å². The minimum atomic E-state index is -4.39. The number of alkyl halides is 3. The first-order valence-electron chi connectivity index (χ1n) is 5.00. The van der Waals surface area contributed by atoms with E-state index in [9.17, 15) is 13.2 Å². The molecule has 0 bridgehead atoms. The molecule has 0 aliphatic carbocycles. The third-order valence-corrected chi connectivity index (χ3v) is 2.43. The van der Waals surface area contributed by atoms with Crippen LogP contribution in [-0.2, 0) is 15.7 Å². The van der Waals surface area contributed by atoms with Crippen LogP contribution in [0.4, 0.5) is 13.2 Å². The van der Waals surface area contributed by atoms with Crippen molar-refractivity contribution in [1.82, 2.24) is 0 Å². The lowest BCUT2D eigenvalue weighted by Crippen LogP contribution is -2.08. The van der Waals surface area contributed by atoms with Gasteiger partial charge in [0.25, 0.3) is 0 Å². The van der Waals surface area contributed by atoms with Gasteiger partial charge in [-0.15, -0.1) is 0 Å². The average molecular weight is 248 g/mol. The minimum Gasteiger partial charge on any atom is -0.496 e. The van der Waals surface area contributed by atoms with Crippen LogP contribution in [0, 0.1) is 0 Å². The second kappa shape index (κ2) is 4.54. The molecule has 3 nitrogen and oxygen atoms in total. The summed E-state index contributed by atoms with van der Waals surface area (Å²) in [5, 5.41) is 0. The molecular formula is C11H11F3O3. The molecular weight excluding hydrogens is 237 g/mol. The summed E-state index contributed by atoms with van der Waals surface area (Å²) in [4.78, 5) is 0. The number of rotatable bonds is 2. The smallest absolute Gasteiger partial charge is 0.416 e. The van der Waals surface area contributed by atoms with Gasteiger partial charge in [-0.25, -0.2) is 0 Å². The van der Waals surface area contributed by atoms with Gasteiger partial charge in [0, 0.05) is 0 Å². The molecule has 0 amide bonds. The zero-order valence-electron chi connectivity index (χ0n) is 9.08. The molecule has 6 heteroatoms. The van der Waals surface area contributed by atoms with Gasteiger partial charge in [-0.1, -0.05) is 0 Å². The second-order valence-electron chi connectivity index (χ2n) is 3.53. The van der Waals surface area contributed by atoms with E-state index in [0.29, 0.717) is 19.0 Å². The van der Waals surface area contributed by atoms with Crippen molar-refractivity contribution in [3.63, 3.8) is 0 Å². The van der Waals surface area contributed by atoms with Crippen molar-refractivity contribution in [2.75, 3.05) is 20.3 Å². The van der Waals surface area contributed by atoms with E-state index in [4.69, 9.17) is 14.2 Å². The molecule has 0 atom stereocenters. The topological polar surface area (TPSA) is 27.7 Å². The van der Waals surface area contributed by atoms with Gasteiger partial charge < -0.3 is 14.2 Å². The molecule has 0 N–H and O–H groups in total. The maximum absolute atomic E-state index is 12.6. The summed E-state index contributed by atoms with van der Waals surface area (Å²) < 4.78 is 53.1. The largest absolute Gasteiger partial charge is 0.496 e.